The number of amides is 1. The standard InChI is InChI=1S/C17H16N4O2S/c22-15-10-12(19-14-5-1-2-7-21(14)15)11-20-8-6-18-17(23)16(20)13-4-3-9-24-13/h1-5,7,9-10,16H,6,8,11H2,(H,18,23)/t16-/m0/s1. The molecule has 0 bridgehead atoms. The molecule has 0 aliphatic carbocycles. The Morgan fingerprint density at radius 2 is 2.17 bits per heavy atom. The molecule has 1 atom stereocenters. The summed E-state index contributed by atoms with van der Waals surface area (Å²) < 4.78 is 1.52. The molecular weight excluding hydrogens is 324 g/mol. The van der Waals surface area contributed by atoms with Crippen molar-refractivity contribution in [2.75, 3.05) is 13.1 Å². The van der Waals surface area contributed by atoms with Crippen molar-refractivity contribution >= 4 is 22.9 Å². The van der Waals surface area contributed by atoms with Crippen LogP contribution in [0.2, 0.25) is 0 Å². The van der Waals surface area contributed by atoms with Crippen LogP contribution < -0.4 is 10.9 Å². The number of aromatic nitrogens is 2. The molecule has 1 aliphatic rings. The smallest absolute Gasteiger partial charge is 0.258 e. The molecule has 0 unspecified atom stereocenters. The number of nitrogens with one attached hydrogen (secondary N) is 1. The van der Waals surface area contributed by atoms with Crippen molar-refractivity contribution in [2.24, 2.45) is 0 Å². The van der Waals surface area contributed by atoms with Gasteiger partial charge in [-0.1, -0.05) is 12.1 Å². The SMILES string of the molecule is O=C1NCCN(Cc2cc(=O)n3ccccc3n2)[C@H]1c1cccs1. The van der Waals surface area contributed by atoms with Gasteiger partial charge in [0.25, 0.3) is 5.56 Å². The number of thiophene rings is 1. The van der Waals surface area contributed by atoms with E-state index in [0.29, 0.717) is 24.4 Å². The van der Waals surface area contributed by atoms with Crippen molar-refractivity contribution in [3.05, 3.63) is 68.9 Å². The second kappa shape index (κ2) is 6.18. The number of carbonyl (C=O) groups excluding carboxylic acids is 1. The molecule has 1 amide bonds. The largest absolute Gasteiger partial charge is 0.353 e. The molecule has 1 saturated heterocycles. The summed E-state index contributed by atoms with van der Waals surface area (Å²) >= 11 is 1.56. The van der Waals surface area contributed by atoms with Crippen LogP contribution in [0.1, 0.15) is 16.6 Å². The van der Waals surface area contributed by atoms with Crippen molar-refractivity contribution in [2.45, 2.75) is 12.6 Å². The van der Waals surface area contributed by atoms with E-state index in [9.17, 15) is 9.59 Å². The summed E-state index contributed by atoms with van der Waals surface area (Å²) in [6.45, 7) is 1.80. The van der Waals surface area contributed by atoms with Crippen LogP contribution in [0.25, 0.3) is 5.65 Å². The monoisotopic (exact) mass is 340 g/mol. The Balaban J connectivity index is 1.68. The third-order valence-corrected chi connectivity index (χ3v) is 5.04. The molecule has 7 heteroatoms. The predicted molar refractivity (Wildman–Crippen MR) is 91.9 cm³/mol. The third kappa shape index (κ3) is 2.72. The molecule has 0 aromatic carbocycles. The van der Waals surface area contributed by atoms with Gasteiger partial charge < -0.3 is 5.32 Å². The Hall–Kier alpha value is -2.51. The molecule has 0 spiro atoms. The minimum absolute atomic E-state index is 0.00112. The number of hydrogen-bond donors (Lipinski definition) is 1. The lowest BCUT2D eigenvalue weighted by atomic mass is 10.1. The molecule has 6 nitrogen and oxygen atoms in total. The Bertz CT molecular complexity index is 935. The van der Waals surface area contributed by atoms with E-state index >= 15 is 0 Å². The van der Waals surface area contributed by atoms with E-state index in [-0.39, 0.29) is 17.5 Å². The normalized spacial score (nSPS) is 18.7. The van der Waals surface area contributed by atoms with Crippen molar-refractivity contribution in [1.29, 1.82) is 0 Å². The Morgan fingerprint density at radius 3 is 3.00 bits per heavy atom. The molecule has 24 heavy (non-hydrogen) atoms. The van der Waals surface area contributed by atoms with Gasteiger partial charge in [-0.3, -0.25) is 18.9 Å². The molecule has 1 aliphatic heterocycles. The molecule has 4 rings (SSSR count). The van der Waals surface area contributed by atoms with Crippen LogP contribution in [-0.4, -0.2) is 33.3 Å². The summed E-state index contributed by atoms with van der Waals surface area (Å²) in [5, 5.41) is 4.89. The highest BCUT2D eigenvalue weighted by Crippen LogP contribution is 2.28. The van der Waals surface area contributed by atoms with Crippen LogP contribution in [-0.2, 0) is 11.3 Å². The molecule has 0 radical (unpaired) electrons. The summed E-state index contributed by atoms with van der Waals surface area (Å²) in [6.07, 6.45) is 1.71. The molecule has 4 heterocycles. The summed E-state index contributed by atoms with van der Waals surface area (Å²) in [5.41, 5.74) is 1.20. The lowest BCUT2D eigenvalue weighted by molar-refractivity contribution is -0.129. The zero-order valence-corrected chi connectivity index (χ0v) is 13.7. The van der Waals surface area contributed by atoms with Crippen LogP contribution >= 0.6 is 11.3 Å². The quantitative estimate of drug-likeness (QED) is 0.783. The number of rotatable bonds is 3. The highest BCUT2D eigenvalue weighted by atomic mass is 32.1. The van der Waals surface area contributed by atoms with Crippen molar-refractivity contribution in [1.82, 2.24) is 19.6 Å². The van der Waals surface area contributed by atoms with Crippen LogP contribution in [0.5, 0.6) is 0 Å². The molecule has 122 valence electrons. The van der Waals surface area contributed by atoms with Gasteiger partial charge in [0, 0.05) is 36.8 Å². The van der Waals surface area contributed by atoms with Gasteiger partial charge in [0.1, 0.15) is 11.7 Å². The third-order valence-electron chi connectivity index (χ3n) is 4.11. The van der Waals surface area contributed by atoms with Gasteiger partial charge in [-0.05, 0) is 23.6 Å². The fourth-order valence-electron chi connectivity index (χ4n) is 3.03. The lowest BCUT2D eigenvalue weighted by Gasteiger charge is -2.34. The van der Waals surface area contributed by atoms with Crippen LogP contribution in [0, 0.1) is 0 Å². The van der Waals surface area contributed by atoms with Gasteiger partial charge in [-0.15, -0.1) is 11.3 Å². The first-order chi connectivity index (χ1) is 11.7. The minimum Gasteiger partial charge on any atom is -0.353 e. The summed E-state index contributed by atoms with van der Waals surface area (Å²) in [7, 11) is 0. The number of carbonyl (C=O) groups is 1. The maximum Gasteiger partial charge on any atom is 0.258 e. The number of hydrogen-bond acceptors (Lipinski definition) is 5. The average Bonchev–Trinajstić information content (AvgIpc) is 3.09. The fourth-order valence-corrected chi connectivity index (χ4v) is 3.89. The van der Waals surface area contributed by atoms with Gasteiger partial charge in [0.05, 0.1) is 5.69 Å². The number of piperazine rings is 1. The summed E-state index contributed by atoms with van der Waals surface area (Å²) in [6, 6.07) is 10.6. The van der Waals surface area contributed by atoms with Crippen LogP contribution in [0.3, 0.4) is 0 Å². The number of fused-ring (bicyclic) bond motifs is 1. The first kappa shape index (κ1) is 15.0. The summed E-state index contributed by atoms with van der Waals surface area (Å²) in [4.78, 5) is 32.2. The van der Waals surface area contributed by atoms with E-state index in [1.807, 2.05) is 29.6 Å². The van der Waals surface area contributed by atoms with Crippen molar-refractivity contribution in [3.8, 4) is 0 Å². The van der Waals surface area contributed by atoms with Crippen molar-refractivity contribution in [3.63, 3.8) is 0 Å². The van der Waals surface area contributed by atoms with Gasteiger partial charge in [-0.25, -0.2) is 4.98 Å². The van der Waals surface area contributed by atoms with Crippen LogP contribution in [0.4, 0.5) is 0 Å². The maximum absolute atomic E-state index is 12.3. The molecular formula is C17H16N4O2S. The zero-order valence-electron chi connectivity index (χ0n) is 12.9. The molecule has 0 saturated carbocycles. The topological polar surface area (TPSA) is 66.7 Å². The summed E-state index contributed by atoms with van der Waals surface area (Å²) in [5.74, 6) is 0.00112. The van der Waals surface area contributed by atoms with E-state index in [1.165, 1.54) is 4.40 Å². The second-order valence-corrected chi connectivity index (χ2v) is 6.67. The van der Waals surface area contributed by atoms with Gasteiger partial charge in [0.15, 0.2) is 0 Å². The van der Waals surface area contributed by atoms with E-state index in [2.05, 4.69) is 15.2 Å². The van der Waals surface area contributed by atoms with Gasteiger partial charge in [0.2, 0.25) is 5.91 Å². The van der Waals surface area contributed by atoms with Crippen molar-refractivity contribution < 1.29 is 4.79 Å². The molecule has 1 N–H and O–H groups in total. The predicted octanol–water partition coefficient (Wildman–Crippen LogP) is 1.43. The second-order valence-electron chi connectivity index (χ2n) is 5.69. The highest BCUT2D eigenvalue weighted by Gasteiger charge is 2.32. The number of pyridine rings is 1. The van der Waals surface area contributed by atoms with E-state index in [4.69, 9.17) is 0 Å². The minimum atomic E-state index is -0.324. The molecule has 3 aromatic rings. The Morgan fingerprint density at radius 1 is 1.25 bits per heavy atom. The van der Waals surface area contributed by atoms with E-state index in [1.54, 1.807) is 29.7 Å². The Labute approximate surface area is 142 Å². The first-order valence-corrected chi connectivity index (χ1v) is 8.63. The average molecular weight is 340 g/mol. The van der Waals surface area contributed by atoms with Gasteiger partial charge >= 0.3 is 0 Å². The van der Waals surface area contributed by atoms with Crippen LogP contribution in [0.15, 0.2) is 52.8 Å². The van der Waals surface area contributed by atoms with Gasteiger partial charge in [-0.2, -0.15) is 0 Å². The highest BCUT2D eigenvalue weighted by molar-refractivity contribution is 7.10. The van der Waals surface area contributed by atoms with E-state index < -0.39 is 0 Å². The fraction of sp³-hybridized carbons (Fsp3) is 0.235. The number of nitrogens with zero attached hydrogens (tertiary/aromatic N) is 3. The Kier molecular flexibility index (Phi) is 3.87. The lowest BCUT2D eigenvalue weighted by Crippen LogP contribution is -2.49. The first-order valence-electron chi connectivity index (χ1n) is 7.75. The molecule has 3 aromatic heterocycles. The molecule has 1 fully saturated rings. The zero-order chi connectivity index (χ0) is 16.5. The maximum atomic E-state index is 12.3. The van der Waals surface area contributed by atoms with E-state index in [0.717, 1.165) is 11.4 Å².